The molecule has 0 atom stereocenters. The number of fused-ring (bicyclic) bond motifs is 1. The molecule has 2 aromatic rings. The molecule has 196 valence electrons. The molecule has 0 radical (unpaired) electrons. The van der Waals surface area contributed by atoms with E-state index in [-0.39, 0.29) is 24.4 Å². The van der Waals surface area contributed by atoms with Crippen molar-refractivity contribution in [2.45, 2.75) is 112 Å². The summed E-state index contributed by atoms with van der Waals surface area (Å²) in [7, 11) is 0. The first kappa shape index (κ1) is 30.5. The van der Waals surface area contributed by atoms with Crippen molar-refractivity contribution in [3.63, 3.8) is 0 Å². The van der Waals surface area contributed by atoms with Crippen LogP contribution in [0.5, 0.6) is 11.5 Å². The van der Waals surface area contributed by atoms with E-state index in [1.165, 1.54) is 6.07 Å². The number of aryl methyl sites for hydroxylation is 2. The van der Waals surface area contributed by atoms with Gasteiger partial charge in [0, 0.05) is 24.0 Å². The summed E-state index contributed by atoms with van der Waals surface area (Å²) in [4.78, 5) is 10.8. The van der Waals surface area contributed by atoms with Crippen LogP contribution in [0.15, 0.2) is 30.3 Å². The lowest BCUT2D eigenvalue weighted by Crippen LogP contribution is -2.30. The van der Waals surface area contributed by atoms with Gasteiger partial charge in [0.05, 0.1) is 0 Å². The van der Waals surface area contributed by atoms with E-state index in [2.05, 4.69) is 0 Å². The maximum atomic E-state index is 14.2. The maximum Gasteiger partial charge on any atom is 0.303 e. The summed E-state index contributed by atoms with van der Waals surface area (Å²) < 4.78 is 26.5. The third-order valence-corrected chi connectivity index (χ3v) is 6.11. The van der Waals surface area contributed by atoms with E-state index in [0.717, 1.165) is 66.5 Å². The van der Waals surface area contributed by atoms with Gasteiger partial charge >= 0.3 is 5.97 Å². The molecule has 2 aromatic carbocycles. The fourth-order valence-electron chi connectivity index (χ4n) is 4.65. The molecular formula is C30H45FO4. The molecule has 0 unspecified atom stereocenters. The van der Waals surface area contributed by atoms with Crippen LogP contribution in [0, 0.1) is 5.82 Å². The summed E-state index contributed by atoms with van der Waals surface area (Å²) in [6, 6.07) is 8.84. The van der Waals surface area contributed by atoms with Crippen LogP contribution in [0.25, 0.3) is 0 Å². The van der Waals surface area contributed by atoms with Crippen molar-refractivity contribution in [2.24, 2.45) is 0 Å². The van der Waals surface area contributed by atoms with Crippen LogP contribution in [0.2, 0.25) is 0 Å². The van der Waals surface area contributed by atoms with E-state index in [1.54, 1.807) is 6.07 Å². The lowest BCUT2D eigenvalue weighted by Gasteiger charge is -2.23. The molecule has 1 aliphatic carbocycles. The highest BCUT2D eigenvalue weighted by atomic mass is 19.1. The van der Waals surface area contributed by atoms with Gasteiger partial charge in [0.2, 0.25) is 0 Å². The minimum atomic E-state index is -0.799. The van der Waals surface area contributed by atoms with Gasteiger partial charge in [-0.2, -0.15) is 0 Å². The Kier molecular flexibility index (Phi) is 13.4. The Balaban J connectivity index is 0.000000949. The number of hydrogen-bond donors (Lipinski definition) is 1. The van der Waals surface area contributed by atoms with E-state index < -0.39 is 5.97 Å². The second-order valence-electron chi connectivity index (χ2n) is 8.19. The molecule has 35 heavy (non-hydrogen) atoms. The van der Waals surface area contributed by atoms with E-state index in [0.29, 0.717) is 12.2 Å². The van der Waals surface area contributed by atoms with Gasteiger partial charge in [-0.3, -0.25) is 4.79 Å². The topological polar surface area (TPSA) is 55.8 Å². The average molecular weight is 489 g/mol. The van der Waals surface area contributed by atoms with Crippen molar-refractivity contribution < 1.29 is 23.8 Å². The highest BCUT2D eigenvalue weighted by molar-refractivity contribution is 5.67. The molecule has 0 aromatic heterocycles. The molecule has 1 N–H and O–H groups in total. The molecule has 1 heterocycles. The van der Waals surface area contributed by atoms with Crippen molar-refractivity contribution in [3.8, 4) is 11.5 Å². The number of carboxylic acids is 1. The largest absolute Gasteiger partial charge is 0.489 e. The van der Waals surface area contributed by atoms with Gasteiger partial charge in [-0.15, -0.1) is 0 Å². The molecule has 5 heteroatoms. The SMILES string of the molecule is CC.CC.CC.CCc1cc(OCc2cc(F)cc3c2OC2(CCCC2)C3)ccc1CCC(=O)O. The first-order valence-electron chi connectivity index (χ1n) is 13.4. The normalized spacial score (nSPS) is 14.3. The van der Waals surface area contributed by atoms with Gasteiger partial charge in [0.25, 0.3) is 0 Å². The van der Waals surface area contributed by atoms with Crippen LogP contribution in [-0.4, -0.2) is 16.7 Å². The molecule has 1 saturated carbocycles. The molecule has 0 saturated heterocycles. The zero-order chi connectivity index (χ0) is 26.4. The summed E-state index contributed by atoms with van der Waals surface area (Å²) in [5.41, 5.74) is 3.65. The minimum absolute atomic E-state index is 0.113. The highest BCUT2D eigenvalue weighted by Gasteiger charge is 2.42. The van der Waals surface area contributed by atoms with Crippen molar-refractivity contribution in [1.29, 1.82) is 0 Å². The van der Waals surface area contributed by atoms with Gasteiger partial charge < -0.3 is 14.6 Å². The lowest BCUT2D eigenvalue weighted by atomic mass is 9.95. The fraction of sp³-hybridized carbons (Fsp3) is 0.567. The maximum absolute atomic E-state index is 14.2. The fourth-order valence-corrected chi connectivity index (χ4v) is 4.65. The Hall–Kier alpha value is -2.56. The number of benzene rings is 2. The smallest absolute Gasteiger partial charge is 0.303 e. The summed E-state index contributed by atoms with van der Waals surface area (Å²) in [6.45, 7) is 14.3. The van der Waals surface area contributed by atoms with Gasteiger partial charge in [0.1, 0.15) is 29.5 Å². The minimum Gasteiger partial charge on any atom is -0.489 e. The highest BCUT2D eigenvalue weighted by Crippen LogP contribution is 2.46. The molecule has 2 aliphatic rings. The number of rotatable bonds is 7. The quantitative estimate of drug-likeness (QED) is 0.426. The third kappa shape index (κ3) is 8.26. The van der Waals surface area contributed by atoms with Crippen LogP contribution in [0.1, 0.15) is 103 Å². The monoisotopic (exact) mass is 488 g/mol. The zero-order valence-electron chi connectivity index (χ0n) is 22.8. The standard InChI is InChI=1S/C24H27FO4.3C2H6/c1-2-16-13-21(7-5-17(16)6-8-22(26)27)28-15-19-12-20(25)11-18-14-24(29-23(18)19)9-3-4-10-24;3*1-2/h5,7,11-13H,2-4,6,8-10,14-15H2,1H3,(H,26,27);3*1-2H3. The van der Waals surface area contributed by atoms with Crippen molar-refractivity contribution in [1.82, 2.24) is 0 Å². The van der Waals surface area contributed by atoms with E-state index in [9.17, 15) is 9.18 Å². The Labute approximate surface area is 211 Å². The van der Waals surface area contributed by atoms with E-state index >= 15 is 0 Å². The van der Waals surface area contributed by atoms with Gasteiger partial charge in [-0.25, -0.2) is 4.39 Å². The van der Waals surface area contributed by atoms with Crippen LogP contribution < -0.4 is 9.47 Å². The Bertz CT molecular complexity index is 917. The Morgan fingerprint density at radius 3 is 2.26 bits per heavy atom. The van der Waals surface area contributed by atoms with E-state index in [4.69, 9.17) is 14.6 Å². The van der Waals surface area contributed by atoms with Gasteiger partial charge in [-0.1, -0.05) is 54.5 Å². The van der Waals surface area contributed by atoms with Gasteiger partial charge in [0.15, 0.2) is 0 Å². The summed E-state index contributed by atoms with van der Waals surface area (Å²) in [5, 5.41) is 8.91. The number of carboxylic acid groups (broad SMARTS) is 1. The van der Waals surface area contributed by atoms with Gasteiger partial charge in [-0.05, 0) is 73.9 Å². The summed E-state index contributed by atoms with van der Waals surface area (Å²) >= 11 is 0. The van der Waals surface area contributed by atoms with Crippen LogP contribution in [-0.2, 0) is 30.7 Å². The lowest BCUT2D eigenvalue weighted by molar-refractivity contribution is -0.136. The number of halogens is 1. The molecule has 4 rings (SSSR count). The number of hydrogen-bond acceptors (Lipinski definition) is 3. The summed E-state index contributed by atoms with van der Waals surface area (Å²) in [5.74, 6) is 0.446. The van der Waals surface area contributed by atoms with Crippen LogP contribution in [0.3, 0.4) is 0 Å². The predicted octanol–water partition coefficient (Wildman–Crippen LogP) is 8.31. The van der Waals surface area contributed by atoms with Crippen LogP contribution >= 0.6 is 0 Å². The second kappa shape index (κ2) is 15.4. The van der Waals surface area contributed by atoms with E-state index in [1.807, 2.05) is 66.7 Å². The molecule has 0 bridgehead atoms. The Morgan fingerprint density at radius 1 is 1.00 bits per heavy atom. The first-order valence-corrected chi connectivity index (χ1v) is 13.4. The molecule has 1 fully saturated rings. The Morgan fingerprint density at radius 2 is 1.66 bits per heavy atom. The summed E-state index contributed by atoms with van der Waals surface area (Å²) in [6.07, 6.45) is 6.58. The molecular weight excluding hydrogens is 443 g/mol. The molecule has 4 nitrogen and oxygen atoms in total. The third-order valence-electron chi connectivity index (χ3n) is 6.11. The average Bonchev–Trinajstić information content (AvgIpc) is 3.50. The van der Waals surface area contributed by atoms with Crippen molar-refractivity contribution in [2.75, 3.05) is 0 Å². The predicted molar refractivity (Wildman–Crippen MR) is 142 cm³/mol. The van der Waals surface area contributed by atoms with Crippen LogP contribution in [0.4, 0.5) is 4.39 Å². The van der Waals surface area contributed by atoms with Crippen molar-refractivity contribution >= 4 is 5.97 Å². The second-order valence-corrected chi connectivity index (χ2v) is 8.19. The van der Waals surface area contributed by atoms with Crippen molar-refractivity contribution in [3.05, 3.63) is 58.4 Å². The molecule has 0 amide bonds. The first-order chi connectivity index (χ1) is 17.0. The number of aliphatic carboxylic acids is 1. The number of carbonyl (C=O) groups is 1. The molecule has 1 aliphatic heterocycles. The number of ether oxygens (including phenoxy) is 2. The zero-order valence-corrected chi connectivity index (χ0v) is 22.8. The molecule has 1 spiro atoms.